The fourth-order valence-electron chi connectivity index (χ4n) is 4.91. The summed E-state index contributed by atoms with van der Waals surface area (Å²) in [6.07, 6.45) is 33.4. The summed E-state index contributed by atoms with van der Waals surface area (Å²) in [5, 5.41) is 40.1. The van der Waals surface area contributed by atoms with Crippen LogP contribution in [0.25, 0.3) is 0 Å². The Morgan fingerprint density at radius 2 is 0.388 bits per heavy atom. The minimum absolute atomic E-state index is 0. The molecule has 49 heavy (non-hydrogen) atoms. The van der Waals surface area contributed by atoms with Gasteiger partial charge >= 0.3 is 21.7 Å². The average molecular weight is 733 g/mol. The molecule has 0 aromatic heterocycles. The van der Waals surface area contributed by atoms with E-state index in [2.05, 4.69) is 27.7 Å². The quantitative estimate of drug-likeness (QED) is 0.0507. The first kappa shape index (κ1) is 57.0. The predicted octanol–water partition coefficient (Wildman–Crippen LogP) is 7.51. The van der Waals surface area contributed by atoms with Crippen LogP contribution in [0.5, 0.6) is 0 Å². The maximum Gasteiger partial charge on any atom is 4.00 e. The van der Waals surface area contributed by atoms with Gasteiger partial charge in [0, 0.05) is 23.9 Å². The first-order chi connectivity index (χ1) is 23.1. The van der Waals surface area contributed by atoms with Crippen LogP contribution in [-0.4, -0.2) is 23.9 Å². The molecule has 0 aliphatic carbocycles. The third kappa shape index (κ3) is 77.4. The van der Waals surface area contributed by atoms with E-state index < -0.39 is 23.9 Å². The standard InChI is InChI=1S/4C10H20O2.Ti/c4*1-2-3-4-5-6-7-8-9-10(11)12;/h4*2-9H2,1H3,(H,11,12);/q;;;;+4/p-4. The van der Waals surface area contributed by atoms with Gasteiger partial charge in [-0.2, -0.15) is 0 Å². The molecule has 0 unspecified atom stereocenters. The molecule has 0 rings (SSSR count). The van der Waals surface area contributed by atoms with Crippen LogP contribution in [0.15, 0.2) is 0 Å². The molecule has 0 bridgehead atoms. The first-order valence-electron chi connectivity index (χ1n) is 19.9. The molecule has 8 nitrogen and oxygen atoms in total. The Kier molecular flexibility index (Phi) is 62.1. The molecule has 0 aliphatic heterocycles. The summed E-state index contributed by atoms with van der Waals surface area (Å²) < 4.78 is 0. The second-order valence-electron chi connectivity index (χ2n) is 13.0. The van der Waals surface area contributed by atoms with Gasteiger partial charge in [0.2, 0.25) is 0 Å². The SMILES string of the molecule is CCCCCCCCCC(=O)[O-].CCCCCCCCCC(=O)[O-].CCCCCCCCCC(=O)[O-].CCCCCCCCCC(=O)[O-].[Ti+4]. The number of rotatable bonds is 32. The second-order valence-corrected chi connectivity index (χ2v) is 13.0. The van der Waals surface area contributed by atoms with Gasteiger partial charge in [0.25, 0.3) is 0 Å². The van der Waals surface area contributed by atoms with E-state index in [9.17, 15) is 39.6 Å². The number of hydrogen-bond acceptors (Lipinski definition) is 8. The molecule has 0 amide bonds. The molecule has 0 N–H and O–H groups in total. The number of carbonyl (C=O) groups is 4. The van der Waals surface area contributed by atoms with Gasteiger partial charge < -0.3 is 39.6 Å². The molecule has 0 aromatic carbocycles. The number of unbranched alkanes of at least 4 members (excludes halogenated alkanes) is 24. The Balaban J connectivity index is -0.000000174. The molecular formula is C40H76O8Ti. The van der Waals surface area contributed by atoms with Crippen molar-refractivity contribution in [2.45, 2.75) is 233 Å². The molecule has 0 saturated carbocycles. The van der Waals surface area contributed by atoms with Crippen LogP contribution in [0.1, 0.15) is 233 Å². The third-order valence-electron chi connectivity index (χ3n) is 7.94. The average Bonchev–Trinajstić information content (AvgIpc) is 3.03. The predicted molar refractivity (Wildman–Crippen MR) is 190 cm³/mol. The van der Waals surface area contributed by atoms with Crippen molar-refractivity contribution in [2.75, 3.05) is 0 Å². The molecule has 0 atom stereocenters. The van der Waals surface area contributed by atoms with E-state index in [-0.39, 0.29) is 47.4 Å². The van der Waals surface area contributed by atoms with Crippen LogP contribution >= 0.6 is 0 Å². The van der Waals surface area contributed by atoms with Crippen LogP contribution in [0.2, 0.25) is 0 Å². The number of carbonyl (C=O) groups excluding carboxylic acids is 4. The van der Waals surface area contributed by atoms with Gasteiger partial charge in [-0.1, -0.05) is 182 Å². The molecule has 0 saturated heterocycles. The normalized spacial score (nSPS) is 9.88. The molecule has 288 valence electrons. The van der Waals surface area contributed by atoms with Crippen molar-refractivity contribution in [3.8, 4) is 0 Å². The fourth-order valence-corrected chi connectivity index (χ4v) is 4.91. The van der Waals surface area contributed by atoms with Crippen molar-refractivity contribution in [1.29, 1.82) is 0 Å². The van der Waals surface area contributed by atoms with Crippen LogP contribution < -0.4 is 20.4 Å². The van der Waals surface area contributed by atoms with Crippen molar-refractivity contribution in [1.82, 2.24) is 0 Å². The van der Waals surface area contributed by atoms with Gasteiger partial charge in [-0.15, -0.1) is 0 Å². The molecule has 0 spiro atoms. The van der Waals surface area contributed by atoms with Crippen LogP contribution in [0.3, 0.4) is 0 Å². The van der Waals surface area contributed by atoms with Gasteiger partial charge in [-0.05, 0) is 51.4 Å². The van der Waals surface area contributed by atoms with Crippen molar-refractivity contribution in [3.63, 3.8) is 0 Å². The van der Waals surface area contributed by atoms with Gasteiger partial charge in [-0.3, -0.25) is 0 Å². The van der Waals surface area contributed by atoms with E-state index in [1.807, 2.05) is 0 Å². The number of carboxylic acid groups (broad SMARTS) is 4. The first-order valence-corrected chi connectivity index (χ1v) is 19.9. The van der Waals surface area contributed by atoms with E-state index in [0.717, 1.165) is 51.4 Å². The summed E-state index contributed by atoms with van der Waals surface area (Å²) in [7, 11) is 0. The van der Waals surface area contributed by atoms with Crippen LogP contribution in [0, 0.1) is 0 Å². The summed E-state index contributed by atoms with van der Waals surface area (Å²) in [5.74, 6) is -3.65. The fraction of sp³-hybridized carbons (Fsp3) is 0.900. The number of aliphatic carboxylic acids is 4. The minimum atomic E-state index is -0.913. The Bertz CT molecular complexity index is 561. The summed E-state index contributed by atoms with van der Waals surface area (Å²) in [4.78, 5) is 40.1. The second kappa shape index (κ2) is 53.4. The van der Waals surface area contributed by atoms with Gasteiger partial charge in [0.15, 0.2) is 0 Å². The van der Waals surface area contributed by atoms with Crippen molar-refractivity contribution >= 4 is 23.9 Å². The summed E-state index contributed by atoms with van der Waals surface area (Å²) in [5.41, 5.74) is 0. The monoisotopic (exact) mass is 733 g/mol. The summed E-state index contributed by atoms with van der Waals surface area (Å²) in [6.45, 7) is 8.76. The summed E-state index contributed by atoms with van der Waals surface area (Å²) in [6, 6.07) is 0. The van der Waals surface area contributed by atoms with Gasteiger partial charge in [0.1, 0.15) is 0 Å². The van der Waals surface area contributed by atoms with Crippen molar-refractivity contribution in [2.24, 2.45) is 0 Å². The molecule has 0 radical (unpaired) electrons. The van der Waals surface area contributed by atoms with Crippen LogP contribution in [0.4, 0.5) is 0 Å². The van der Waals surface area contributed by atoms with Crippen molar-refractivity contribution in [3.05, 3.63) is 0 Å². The molecular weight excluding hydrogens is 656 g/mol. The van der Waals surface area contributed by atoms with Gasteiger partial charge in [-0.25, -0.2) is 0 Å². The third-order valence-corrected chi connectivity index (χ3v) is 7.94. The van der Waals surface area contributed by atoms with E-state index in [4.69, 9.17) is 0 Å². The molecule has 0 aromatic rings. The van der Waals surface area contributed by atoms with E-state index in [1.54, 1.807) is 0 Å². The zero-order valence-electron chi connectivity index (χ0n) is 32.4. The Morgan fingerprint density at radius 3 is 0.510 bits per heavy atom. The zero-order chi connectivity index (χ0) is 36.9. The Morgan fingerprint density at radius 1 is 0.265 bits per heavy atom. The van der Waals surface area contributed by atoms with E-state index in [1.165, 1.54) is 128 Å². The van der Waals surface area contributed by atoms with Crippen molar-refractivity contribution < 1.29 is 61.3 Å². The van der Waals surface area contributed by atoms with E-state index >= 15 is 0 Å². The maximum atomic E-state index is 10.0. The van der Waals surface area contributed by atoms with Crippen LogP contribution in [-0.2, 0) is 40.9 Å². The summed E-state index contributed by atoms with van der Waals surface area (Å²) >= 11 is 0. The topological polar surface area (TPSA) is 161 Å². The zero-order valence-corrected chi connectivity index (χ0v) is 34.0. The largest absolute Gasteiger partial charge is 4.00 e. The smallest absolute Gasteiger partial charge is 0.550 e. The Labute approximate surface area is 317 Å². The molecule has 9 heteroatoms. The molecule has 0 fully saturated rings. The van der Waals surface area contributed by atoms with E-state index in [0.29, 0.717) is 0 Å². The molecule has 0 heterocycles. The maximum absolute atomic E-state index is 10.0. The number of carboxylic acids is 4. The minimum Gasteiger partial charge on any atom is -0.550 e. The Hall–Kier alpha value is -1.41. The number of hydrogen-bond donors (Lipinski definition) is 0. The van der Waals surface area contributed by atoms with Gasteiger partial charge in [0.05, 0.1) is 0 Å². The molecule has 0 aliphatic rings.